The van der Waals surface area contributed by atoms with Crippen LogP contribution in [-0.4, -0.2) is 131 Å². The van der Waals surface area contributed by atoms with Crippen molar-refractivity contribution in [3.8, 4) is 0 Å². The van der Waals surface area contributed by atoms with Crippen molar-refractivity contribution in [2.75, 3.05) is 82.3 Å². The van der Waals surface area contributed by atoms with Gasteiger partial charge < -0.3 is 40.6 Å². The number of piperidine rings is 1. The van der Waals surface area contributed by atoms with E-state index in [0.29, 0.717) is 116 Å². The molecule has 21 heteroatoms. The lowest BCUT2D eigenvalue weighted by Crippen LogP contribution is -2.54. The van der Waals surface area contributed by atoms with Crippen LogP contribution in [0.2, 0.25) is 0 Å². The number of rotatable bonds is 26. The Morgan fingerprint density at radius 2 is 1.55 bits per heavy atom. The molecule has 352 valence electrons. The standard InChI is InChI=1S/C45H53BrN8O11S/c1-28-6-3-10-35(38(28)40(47)56)50-41-33(46)27-49-45(53-41)51-34-12-11-31(26-29(34)2)66(60,61)25-16-48-15-18-63-20-22-65-24-23-64-21-19-62-17-5-8-30-7-4-9-32-39(30)44(59)54(43(32)58)36-13-14-37(55)52-42(36)57/h3-4,6-7,9-12,26-27,36,48H,5,8,13-25H2,1-2H3,(H2,47,56)(H,52,55,57)(H2,49,50,51,53). The van der Waals surface area contributed by atoms with Crippen LogP contribution in [0, 0.1) is 13.8 Å². The second-order valence-electron chi connectivity index (χ2n) is 15.4. The number of aryl methyl sites for hydroxylation is 3. The zero-order chi connectivity index (χ0) is 47.2. The van der Waals surface area contributed by atoms with Crippen LogP contribution in [-0.2, 0) is 44.8 Å². The van der Waals surface area contributed by atoms with Crippen molar-refractivity contribution in [3.05, 3.63) is 98.6 Å². The van der Waals surface area contributed by atoms with Crippen LogP contribution in [0.3, 0.4) is 0 Å². The van der Waals surface area contributed by atoms with Crippen molar-refractivity contribution in [3.63, 3.8) is 0 Å². The summed E-state index contributed by atoms with van der Waals surface area (Å²) in [6.07, 6.45) is 2.83. The van der Waals surface area contributed by atoms with Crippen LogP contribution >= 0.6 is 15.9 Å². The number of sulfone groups is 1. The fraction of sp³-hybridized carbons (Fsp3) is 0.400. The van der Waals surface area contributed by atoms with Crippen molar-refractivity contribution in [1.82, 2.24) is 25.5 Å². The predicted octanol–water partition coefficient (Wildman–Crippen LogP) is 3.91. The van der Waals surface area contributed by atoms with E-state index in [2.05, 4.69) is 47.2 Å². The molecule has 2 aliphatic rings. The Morgan fingerprint density at radius 3 is 2.24 bits per heavy atom. The van der Waals surface area contributed by atoms with Crippen molar-refractivity contribution >= 4 is 78.4 Å². The SMILES string of the molecule is Cc1cc(S(=O)(=O)CCNCCOCCOCCOCCOCCCc2cccc3c2C(=O)N(C2CCC(=O)NC2=O)C3=O)ccc1Nc1ncc(Br)c(Nc2cccc(C)c2C(N)=O)n1. The van der Waals surface area contributed by atoms with Gasteiger partial charge in [0, 0.05) is 38.0 Å². The largest absolute Gasteiger partial charge is 0.379 e. The van der Waals surface area contributed by atoms with Crippen molar-refractivity contribution < 1.29 is 51.3 Å². The van der Waals surface area contributed by atoms with Gasteiger partial charge in [-0.3, -0.25) is 34.2 Å². The van der Waals surface area contributed by atoms with E-state index in [1.54, 1.807) is 68.6 Å². The molecule has 6 rings (SSSR count). The van der Waals surface area contributed by atoms with Gasteiger partial charge in [0.25, 0.3) is 17.7 Å². The maximum atomic E-state index is 13.2. The zero-order valence-corrected chi connectivity index (χ0v) is 39.1. The van der Waals surface area contributed by atoms with Gasteiger partial charge in [-0.2, -0.15) is 4.98 Å². The van der Waals surface area contributed by atoms with Crippen LogP contribution in [0.25, 0.3) is 0 Å². The molecule has 19 nitrogen and oxygen atoms in total. The molecule has 1 saturated heterocycles. The van der Waals surface area contributed by atoms with Crippen LogP contribution in [0.4, 0.5) is 23.1 Å². The Morgan fingerprint density at radius 1 is 0.848 bits per heavy atom. The van der Waals surface area contributed by atoms with E-state index in [-0.39, 0.29) is 41.5 Å². The minimum Gasteiger partial charge on any atom is -0.379 e. The predicted molar refractivity (Wildman–Crippen MR) is 247 cm³/mol. The van der Waals surface area contributed by atoms with Gasteiger partial charge in [-0.05, 0) is 96.1 Å². The van der Waals surface area contributed by atoms with E-state index in [1.807, 2.05) is 0 Å². The smallest absolute Gasteiger partial charge is 0.262 e. The summed E-state index contributed by atoms with van der Waals surface area (Å²) in [5.74, 6) is -2.11. The van der Waals surface area contributed by atoms with Gasteiger partial charge in [-0.15, -0.1) is 0 Å². The summed E-state index contributed by atoms with van der Waals surface area (Å²) < 4.78 is 49.1. The maximum absolute atomic E-state index is 13.2. The molecule has 1 unspecified atom stereocenters. The summed E-state index contributed by atoms with van der Waals surface area (Å²) in [4.78, 5) is 72.3. The second-order valence-corrected chi connectivity index (χ2v) is 18.4. The summed E-state index contributed by atoms with van der Waals surface area (Å²) in [5.41, 5.74) is 9.74. The first-order chi connectivity index (χ1) is 31.7. The number of nitrogens with one attached hydrogen (secondary N) is 4. The Hall–Kier alpha value is -5.68. The first-order valence-electron chi connectivity index (χ1n) is 21.4. The number of primary amides is 1. The van der Waals surface area contributed by atoms with Gasteiger partial charge in [0.1, 0.15) is 11.9 Å². The van der Waals surface area contributed by atoms with E-state index in [4.69, 9.17) is 24.7 Å². The Balaban J connectivity index is 0.782. The first kappa shape index (κ1) is 49.7. The lowest BCUT2D eigenvalue weighted by atomic mass is 9.99. The normalized spacial score (nSPS) is 15.0. The monoisotopic (exact) mass is 992 g/mol. The highest BCUT2D eigenvalue weighted by molar-refractivity contribution is 9.10. The third-order valence-corrected chi connectivity index (χ3v) is 13.0. The molecule has 1 atom stereocenters. The number of carbonyl (C=O) groups excluding carboxylic acids is 5. The van der Waals surface area contributed by atoms with E-state index >= 15 is 0 Å². The highest BCUT2D eigenvalue weighted by Gasteiger charge is 2.45. The Bertz CT molecular complexity index is 2540. The minimum absolute atomic E-state index is 0.0642. The number of hydrogen-bond acceptors (Lipinski definition) is 16. The van der Waals surface area contributed by atoms with Crippen LogP contribution in [0.1, 0.15) is 67.0 Å². The molecule has 6 N–H and O–H groups in total. The summed E-state index contributed by atoms with van der Waals surface area (Å²) in [5, 5.41) is 11.6. The number of hydrogen-bond donors (Lipinski definition) is 5. The number of carbonyl (C=O) groups is 5. The highest BCUT2D eigenvalue weighted by Crippen LogP contribution is 2.32. The molecule has 3 aromatic carbocycles. The topological polar surface area (TPSA) is 260 Å². The number of ether oxygens (including phenoxy) is 4. The molecule has 3 heterocycles. The van der Waals surface area contributed by atoms with Gasteiger partial charge in [0.15, 0.2) is 9.84 Å². The number of nitrogens with zero attached hydrogens (tertiary/aromatic N) is 3. The molecule has 4 aromatic rings. The molecule has 2 aliphatic heterocycles. The Kier molecular flexibility index (Phi) is 17.8. The molecule has 1 fully saturated rings. The van der Waals surface area contributed by atoms with Crippen LogP contribution in [0.15, 0.2) is 70.2 Å². The zero-order valence-electron chi connectivity index (χ0n) is 36.7. The molecule has 66 heavy (non-hydrogen) atoms. The number of anilines is 4. The number of imide groups is 2. The van der Waals surface area contributed by atoms with E-state index in [1.165, 1.54) is 6.07 Å². The number of nitrogens with two attached hydrogens (primary N) is 1. The lowest BCUT2D eigenvalue weighted by Gasteiger charge is -2.27. The lowest BCUT2D eigenvalue weighted by molar-refractivity contribution is -0.136. The number of amides is 5. The molecule has 0 saturated carbocycles. The van der Waals surface area contributed by atoms with Gasteiger partial charge in [0.2, 0.25) is 17.8 Å². The molecule has 0 radical (unpaired) electrons. The van der Waals surface area contributed by atoms with Crippen molar-refractivity contribution in [2.45, 2.75) is 50.5 Å². The summed E-state index contributed by atoms with van der Waals surface area (Å²) in [6.45, 7) is 7.33. The first-order valence-corrected chi connectivity index (χ1v) is 23.8. The second kappa shape index (κ2) is 23.7. The number of fused-ring (bicyclic) bond motifs is 1. The quantitative estimate of drug-likeness (QED) is 0.0441. The molecule has 0 spiro atoms. The van der Waals surface area contributed by atoms with Gasteiger partial charge >= 0.3 is 0 Å². The molecule has 0 bridgehead atoms. The fourth-order valence-electron chi connectivity index (χ4n) is 7.35. The highest BCUT2D eigenvalue weighted by atomic mass is 79.9. The van der Waals surface area contributed by atoms with E-state index in [9.17, 15) is 32.4 Å². The number of aromatic nitrogens is 2. The number of halogens is 1. The van der Waals surface area contributed by atoms with E-state index in [0.717, 1.165) is 10.5 Å². The average Bonchev–Trinajstić information content (AvgIpc) is 3.53. The van der Waals surface area contributed by atoms with Gasteiger partial charge in [-0.25, -0.2) is 13.4 Å². The van der Waals surface area contributed by atoms with Gasteiger partial charge in [0.05, 0.1) is 83.7 Å². The summed E-state index contributed by atoms with van der Waals surface area (Å²) >= 11 is 3.44. The summed E-state index contributed by atoms with van der Waals surface area (Å²) in [6, 6.07) is 14.2. The molecule has 0 aliphatic carbocycles. The molecule has 5 amide bonds. The third-order valence-electron chi connectivity index (χ3n) is 10.7. The van der Waals surface area contributed by atoms with E-state index < -0.39 is 45.4 Å². The van der Waals surface area contributed by atoms with Crippen LogP contribution < -0.4 is 27.0 Å². The third kappa shape index (κ3) is 13.0. The molecular formula is C45H53BrN8O11S. The van der Waals surface area contributed by atoms with Crippen LogP contribution in [0.5, 0.6) is 0 Å². The summed E-state index contributed by atoms with van der Waals surface area (Å²) in [7, 11) is -3.57. The maximum Gasteiger partial charge on any atom is 0.262 e. The van der Waals surface area contributed by atoms with Crippen molar-refractivity contribution in [1.29, 1.82) is 0 Å². The molecule has 1 aromatic heterocycles. The minimum atomic E-state index is -3.57. The average molecular weight is 994 g/mol. The van der Waals surface area contributed by atoms with Crippen molar-refractivity contribution in [2.24, 2.45) is 5.73 Å². The number of benzene rings is 3. The fourth-order valence-corrected chi connectivity index (χ4v) is 8.92. The Labute approximate surface area is 390 Å². The van der Waals surface area contributed by atoms with Gasteiger partial charge in [-0.1, -0.05) is 24.3 Å². The molecular weight excluding hydrogens is 941 g/mol.